The van der Waals surface area contributed by atoms with Crippen LogP contribution in [0.25, 0.3) is 0 Å². The molecule has 0 aromatic heterocycles. The van der Waals surface area contributed by atoms with E-state index in [1.54, 1.807) is 0 Å². The molecule has 0 aromatic rings. The van der Waals surface area contributed by atoms with E-state index >= 15 is 0 Å². The highest BCUT2D eigenvalue weighted by Crippen LogP contribution is 2.24. The van der Waals surface area contributed by atoms with Crippen LogP contribution in [0.15, 0.2) is 0 Å². The molecule has 2 heterocycles. The van der Waals surface area contributed by atoms with Gasteiger partial charge in [-0.05, 0) is 37.6 Å². The lowest BCUT2D eigenvalue weighted by molar-refractivity contribution is -0.134. The molecular formula is C14H26N2O2. The van der Waals surface area contributed by atoms with Gasteiger partial charge in [0.2, 0.25) is 5.91 Å². The molecule has 0 spiro atoms. The third kappa shape index (κ3) is 3.04. The number of carbonyl (C=O) groups is 1. The minimum atomic E-state index is 0.171. The highest BCUT2D eigenvalue weighted by Gasteiger charge is 2.33. The fourth-order valence-corrected chi connectivity index (χ4v) is 3.27. The van der Waals surface area contributed by atoms with Crippen LogP contribution in [0.3, 0.4) is 0 Å². The van der Waals surface area contributed by atoms with Crippen LogP contribution in [-0.4, -0.2) is 59.6 Å². The predicted octanol–water partition coefficient (Wildman–Crippen LogP) is 0.948. The zero-order valence-electron chi connectivity index (χ0n) is 11.6. The Labute approximate surface area is 110 Å². The lowest BCUT2D eigenvalue weighted by Gasteiger charge is -2.33. The van der Waals surface area contributed by atoms with Crippen LogP contribution in [-0.2, 0) is 4.79 Å². The Balaban J connectivity index is 1.87. The topological polar surface area (TPSA) is 43.8 Å². The van der Waals surface area contributed by atoms with Gasteiger partial charge in [-0.25, -0.2) is 0 Å². The van der Waals surface area contributed by atoms with Crippen LogP contribution in [0.2, 0.25) is 0 Å². The second-order valence-corrected chi connectivity index (χ2v) is 6.07. The fourth-order valence-electron chi connectivity index (χ4n) is 3.27. The van der Waals surface area contributed by atoms with Gasteiger partial charge in [-0.1, -0.05) is 13.8 Å². The first-order valence-electron chi connectivity index (χ1n) is 7.24. The molecule has 2 aliphatic rings. The number of piperidine rings is 1. The lowest BCUT2D eigenvalue weighted by atomic mass is 10.0. The second-order valence-electron chi connectivity index (χ2n) is 6.07. The highest BCUT2D eigenvalue weighted by atomic mass is 16.3. The first-order chi connectivity index (χ1) is 8.61. The van der Waals surface area contributed by atoms with Crippen LogP contribution >= 0.6 is 0 Å². The summed E-state index contributed by atoms with van der Waals surface area (Å²) in [6, 6.07) is 0.177. The van der Waals surface area contributed by atoms with Crippen LogP contribution < -0.4 is 0 Å². The number of nitrogens with zero attached hydrogens (tertiary/aromatic N) is 2. The summed E-state index contributed by atoms with van der Waals surface area (Å²) in [5, 5.41) is 9.41. The minimum absolute atomic E-state index is 0.171. The second kappa shape index (κ2) is 6.02. The van der Waals surface area contributed by atoms with Gasteiger partial charge in [-0.15, -0.1) is 0 Å². The van der Waals surface area contributed by atoms with Gasteiger partial charge < -0.3 is 10.0 Å². The maximum absolute atomic E-state index is 12.3. The summed E-state index contributed by atoms with van der Waals surface area (Å²) in [7, 11) is 0. The zero-order chi connectivity index (χ0) is 13.1. The Bertz CT molecular complexity index is 296. The molecule has 4 nitrogen and oxygen atoms in total. The minimum Gasteiger partial charge on any atom is -0.395 e. The Morgan fingerprint density at radius 2 is 2.06 bits per heavy atom. The fraction of sp³-hybridized carbons (Fsp3) is 0.929. The summed E-state index contributed by atoms with van der Waals surface area (Å²) in [6.07, 6.45) is 3.46. The smallest absolute Gasteiger partial charge is 0.236 e. The van der Waals surface area contributed by atoms with Crippen LogP contribution in [0.4, 0.5) is 0 Å². The molecule has 2 saturated heterocycles. The SMILES string of the molecule is CC1CCCN(C(=O)CN2CCC(C)C2CO)C1. The van der Waals surface area contributed by atoms with E-state index in [9.17, 15) is 9.90 Å². The van der Waals surface area contributed by atoms with Crippen molar-refractivity contribution in [2.45, 2.75) is 39.2 Å². The molecule has 3 atom stereocenters. The number of hydrogen-bond donors (Lipinski definition) is 1. The zero-order valence-corrected chi connectivity index (χ0v) is 11.6. The molecular weight excluding hydrogens is 228 g/mol. The van der Waals surface area contributed by atoms with Gasteiger partial charge in [-0.2, -0.15) is 0 Å². The average molecular weight is 254 g/mol. The first-order valence-corrected chi connectivity index (χ1v) is 7.24. The van der Waals surface area contributed by atoms with E-state index in [1.165, 1.54) is 6.42 Å². The summed E-state index contributed by atoms with van der Waals surface area (Å²) in [6.45, 7) is 7.80. The number of aliphatic hydroxyl groups is 1. The van der Waals surface area contributed by atoms with Crippen molar-refractivity contribution in [3.8, 4) is 0 Å². The molecule has 0 aliphatic carbocycles. The number of rotatable bonds is 3. The number of carbonyl (C=O) groups excluding carboxylic acids is 1. The van der Waals surface area contributed by atoms with E-state index < -0.39 is 0 Å². The summed E-state index contributed by atoms with van der Waals surface area (Å²) < 4.78 is 0. The summed E-state index contributed by atoms with van der Waals surface area (Å²) in [5.41, 5.74) is 0. The summed E-state index contributed by atoms with van der Waals surface area (Å²) in [4.78, 5) is 16.4. The van der Waals surface area contributed by atoms with Gasteiger partial charge in [-0.3, -0.25) is 9.69 Å². The average Bonchev–Trinajstić information content (AvgIpc) is 2.69. The van der Waals surface area contributed by atoms with Crippen molar-refractivity contribution < 1.29 is 9.90 Å². The van der Waals surface area contributed by atoms with Gasteiger partial charge in [0.25, 0.3) is 0 Å². The molecule has 2 rings (SSSR count). The Kier molecular flexibility index (Phi) is 4.62. The van der Waals surface area contributed by atoms with Gasteiger partial charge in [0.1, 0.15) is 0 Å². The maximum Gasteiger partial charge on any atom is 0.236 e. The van der Waals surface area contributed by atoms with E-state index in [0.717, 1.165) is 32.5 Å². The lowest BCUT2D eigenvalue weighted by Crippen LogP contribution is -2.47. The van der Waals surface area contributed by atoms with Gasteiger partial charge >= 0.3 is 0 Å². The van der Waals surface area contributed by atoms with E-state index in [4.69, 9.17) is 0 Å². The molecule has 0 aromatic carbocycles. The van der Waals surface area contributed by atoms with Gasteiger partial charge in [0.15, 0.2) is 0 Å². The molecule has 0 bridgehead atoms. The monoisotopic (exact) mass is 254 g/mol. The van der Waals surface area contributed by atoms with Crippen LogP contribution in [0.1, 0.15) is 33.1 Å². The largest absolute Gasteiger partial charge is 0.395 e. The molecule has 3 unspecified atom stereocenters. The van der Waals surface area contributed by atoms with Gasteiger partial charge in [0.05, 0.1) is 13.2 Å². The van der Waals surface area contributed by atoms with E-state index in [1.807, 2.05) is 4.90 Å². The molecule has 2 fully saturated rings. The normalized spacial score (nSPS) is 33.9. The number of aliphatic hydroxyl groups excluding tert-OH is 1. The highest BCUT2D eigenvalue weighted by molar-refractivity contribution is 5.78. The van der Waals surface area contributed by atoms with E-state index in [-0.39, 0.29) is 18.6 Å². The van der Waals surface area contributed by atoms with Crippen molar-refractivity contribution in [1.82, 2.24) is 9.80 Å². The third-order valence-electron chi connectivity index (χ3n) is 4.53. The summed E-state index contributed by atoms with van der Waals surface area (Å²) in [5.74, 6) is 1.38. The molecule has 1 amide bonds. The number of amides is 1. The number of hydrogen-bond acceptors (Lipinski definition) is 3. The molecule has 4 heteroatoms. The first kappa shape index (κ1) is 13.8. The van der Waals surface area contributed by atoms with Gasteiger partial charge in [0, 0.05) is 19.1 Å². The third-order valence-corrected chi connectivity index (χ3v) is 4.53. The molecule has 2 aliphatic heterocycles. The van der Waals surface area contributed by atoms with Crippen LogP contribution in [0, 0.1) is 11.8 Å². The van der Waals surface area contributed by atoms with E-state index in [2.05, 4.69) is 18.7 Å². The molecule has 18 heavy (non-hydrogen) atoms. The van der Waals surface area contributed by atoms with Crippen molar-refractivity contribution in [3.05, 3.63) is 0 Å². The predicted molar refractivity (Wildman–Crippen MR) is 71.2 cm³/mol. The van der Waals surface area contributed by atoms with Crippen molar-refractivity contribution in [1.29, 1.82) is 0 Å². The number of likely N-dealkylation sites (tertiary alicyclic amines) is 2. The standard InChI is InChI=1S/C14H26N2O2/c1-11-4-3-6-16(8-11)14(18)9-15-7-5-12(2)13(15)10-17/h11-13,17H,3-10H2,1-2H3. The van der Waals surface area contributed by atoms with Crippen molar-refractivity contribution in [2.75, 3.05) is 32.8 Å². The quantitative estimate of drug-likeness (QED) is 0.815. The molecule has 104 valence electrons. The molecule has 1 N–H and O–H groups in total. The van der Waals surface area contributed by atoms with Crippen molar-refractivity contribution in [2.24, 2.45) is 11.8 Å². The maximum atomic E-state index is 12.3. The molecule has 0 saturated carbocycles. The molecule has 0 radical (unpaired) electrons. The Morgan fingerprint density at radius 3 is 2.72 bits per heavy atom. The summed E-state index contributed by atoms with van der Waals surface area (Å²) >= 11 is 0. The van der Waals surface area contributed by atoms with Crippen LogP contribution in [0.5, 0.6) is 0 Å². The van der Waals surface area contributed by atoms with Crippen molar-refractivity contribution >= 4 is 5.91 Å². The van der Waals surface area contributed by atoms with E-state index in [0.29, 0.717) is 18.4 Å². The van der Waals surface area contributed by atoms with Crippen molar-refractivity contribution in [3.63, 3.8) is 0 Å². The Morgan fingerprint density at radius 1 is 1.28 bits per heavy atom. The Hall–Kier alpha value is -0.610.